The Morgan fingerprint density at radius 3 is 1.81 bits per heavy atom. The summed E-state index contributed by atoms with van der Waals surface area (Å²) in [6.07, 6.45) is 13.1. The van der Waals surface area contributed by atoms with Crippen molar-refractivity contribution in [3.8, 4) is 22.3 Å². The van der Waals surface area contributed by atoms with Crippen molar-refractivity contribution < 1.29 is 0 Å². The molecule has 1 aliphatic heterocycles. The molecule has 1 aliphatic rings. The van der Waals surface area contributed by atoms with Crippen LogP contribution in [0.3, 0.4) is 0 Å². The van der Waals surface area contributed by atoms with E-state index >= 15 is 0 Å². The molecule has 0 aliphatic carbocycles. The number of fused-ring (bicyclic) bond motifs is 2. The van der Waals surface area contributed by atoms with Crippen molar-refractivity contribution in [2.45, 2.75) is 41.0 Å². The Balaban J connectivity index is 0.00000102. The molecule has 0 saturated carbocycles. The Morgan fingerprint density at radius 1 is 0.698 bits per heavy atom. The topological polar surface area (TPSA) is 12.4 Å². The molecule has 0 spiro atoms. The van der Waals surface area contributed by atoms with Gasteiger partial charge in [-0.1, -0.05) is 156 Å². The fraction of sp³-hybridized carbons (Fsp3) is 0.146. The van der Waals surface area contributed by atoms with Crippen molar-refractivity contribution >= 4 is 55.3 Å². The summed E-state index contributed by atoms with van der Waals surface area (Å²) in [5.41, 5.74) is 9.48. The van der Waals surface area contributed by atoms with Gasteiger partial charge in [-0.15, -0.1) is 0 Å². The third kappa shape index (κ3) is 6.55. The van der Waals surface area contributed by atoms with Gasteiger partial charge in [-0.25, -0.2) is 0 Å². The van der Waals surface area contributed by atoms with Crippen molar-refractivity contribution in [2.75, 3.05) is 0 Å². The van der Waals surface area contributed by atoms with E-state index in [0.29, 0.717) is 0 Å². The van der Waals surface area contributed by atoms with Gasteiger partial charge in [0.2, 0.25) is 0 Å². The quantitative estimate of drug-likeness (QED) is 0.172. The van der Waals surface area contributed by atoms with Gasteiger partial charge in [-0.3, -0.25) is 4.99 Å². The lowest BCUT2D eigenvalue weighted by atomic mass is 9.85. The summed E-state index contributed by atoms with van der Waals surface area (Å²) < 4.78 is 0.985. The predicted octanol–water partition coefficient (Wildman–Crippen LogP) is 13.0. The van der Waals surface area contributed by atoms with Crippen LogP contribution in [0.1, 0.15) is 57.7 Å². The average molecular weight is 627 g/mol. The highest BCUT2D eigenvalue weighted by Crippen LogP contribution is 2.41. The number of hydrogen-bond donors (Lipinski definition) is 0. The van der Waals surface area contributed by atoms with Gasteiger partial charge in [0, 0.05) is 22.7 Å². The minimum Gasteiger partial charge on any atom is -0.259 e. The highest BCUT2D eigenvalue weighted by atomic mass is 79.9. The molecule has 0 bridgehead atoms. The van der Waals surface area contributed by atoms with Crippen molar-refractivity contribution in [3.05, 3.63) is 143 Å². The van der Waals surface area contributed by atoms with Gasteiger partial charge in [0.05, 0.1) is 5.71 Å². The summed E-state index contributed by atoms with van der Waals surface area (Å²) in [7, 11) is 0. The molecule has 0 saturated heterocycles. The van der Waals surface area contributed by atoms with E-state index in [-0.39, 0.29) is 0 Å². The van der Waals surface area contributed by atoms with Crippen molar-refractivity contribution in [2.24, 2.45) is 4.99 Å². The number of benzene rings is 5. The minimum atomic E-state index is 0.784. The van der Waals surface area contributed by atoms with Crippen LogP contribution in [0.5, 0.6) is 0 Å². The Labute approximate surface area is 265 Å². The Morgan fingerprint density at radius 2 is 1.26 bits per heavy atom. The number of allylic oxidation sites excluding steroid dienone is 4. The summed E-state index contributed by atoms with van der Waals surface area (Å²) >= 11 is 3.58. The van der Waals surface area contributed by atoms with Gasteiger partial charge in [0.1, 0.15) is 0 Å². The van der Waals surface area contributed by atoms with E-state index in [1.54, 1.807) is 0 Å². The molecule has 0 unspecified atom stereocenters. The zero-order valence-corrected chi connectivity index (χ0v) is 27.4. The molecular formula is C41H40BrN. The summed E-state index contributed by atoms with van der Waals surface area (Å²) in [4.78, 5) is 4.89. The molecular weight excluding hydrogens is 586 g/mol. The second kappa shape index (κ2) is 15.3. The normalized spacial score (nSPS) is 12.5. The van der Waals surface area contributed by atoms with E-state index in [1.807, 2.05) is 40.0 Å². The maximum atomic E-state index is 4.89. The Hall–Kier alpha value is -4.27. The lowest BCUT2D eigenvalue weighted by Crippen LogP contribution is -2.03. The third-order valence-corrected chi connectivity index (χ3v) is 7.80. The fourth-order valence-electron chi connectivity index (χ4n) is 5.62. The summed E-state index contributed by atoms with van der Waals surface area (Å²) in [5, 5.41) is 4.92. The number of aliphatic imine (C=N–C) groups is 1. The first-order chi connectivity index (χ1) is 21.2. The second-order valence-electron chi connectivity index (χ2n) is 9.63. The zero-order valence-electron chi connectivity index (χ0n) is 25.9. The Bertz CT molecular complexity index is 1790. The van der Waals surface area contributed by atoms with E-state index in [4.69, 9.17) is 4.99 Å². The highest BCUT2D eigenvalue weighted by Gasteiger charge is 2.18. The van der Waals surface area contributed by atoms with Crippen LogP contribution in [0.15, 0.2) is 131 Å². The van der Waals surface area contributed by atoms with Crippen molar-refractivity contribution in [1.29, 1.82) is 0 Å². The summed E-state index contributed by atoms with van der Waals surface area (Å²) in [5.74, 6) is 0. The molecule has 5 aromatic rings. The average Bonchev–Trinajstić information content (AvgIpc) is 3.29. The number of halogens is 1. The van der Waals surface area contributed by atoms with Gasteiger partial charge >= 0.3 is 0 Å². The largest absolute Gasteiger partial charge is 0.259 e. The van der Waals surface area contributed by atoms with Crippen LogP contribution >= 0.6 is 15.9 Å². The number of rotatable bonds is 5. The van der Waals surface area contributed by atoms with Crippen LogP contribution in [-0.2, 0) is 0 Å². The van der Waals surface area contributed by atoms with Crippen molar-refractivity contribution in [3.63, 3.8) is 0 Å². The van der Waals surface area contributed by atoms with Crippen LogP contribution in [0.4, 0.5) is 0 Å². The second-order valence-corrected chi connectivity index (χ2v) is 10.5. The maximum absolute atomic E-state index is 4.89. The first-order valence-electron chi connectivity index (χ1n) is 15.2. The minimum absolute atomic E-state index is 0.784. The SMILES string of the molecule is C=Cc1cccc(-c2ccc(-c3c4ccccc4c(C4=NC=C(Br)C=CC4)c4ccccc34)cc2)c1/C=C\C.CC.CC. The molecule has 43 heavy (non-hydrogen) atoms. The molecule has 6 rings (SSSR count). The molecule has 2 heteroatoms. The van der Waals surface area contributed by atoms with Gasteiger partial charge in [-0.2, -0.15) is 0 Å². The van der Waals surface area contributed by atoms with Crippen molar-refractivity contribution in [1.82, 2.24) is 0 Å². The van der Waals surface area contributed by atoms with Crippen LogP contribution < -0.4 is 0 Å². The summed E-state index contributed by atoms with van der Waals surface area (Å²) in [6, 6.07) is 32.9. The smallest absolute Gasteiger partial charge is 0.0526 e. The molecule has 216 valence electrons. The molecule has 0 fully saturated rings. The fourth-order valence-corrected chi connectivity index (χ4v) is 5.91. The lowest BCUT2D eigenvalue weighted by Gasteiger charge is -2.18. The number of hydrogen-bond acceptors (Lipinski definition) is 1. The predicted molar refractivity (Wildman–Crippen MR) is 197 cm³/mol. The van der Waals surface area contributed by atoms with Crippen LogP contribution in [0.2, 0.25) is 0 Å². The first kappa shape index (κ1) is 31.7. The molecule has 5 aromatic carbocycles. The molecule has 0 atom stereocenters. The number of nitrogens with zero attached hydrogens (tertiary/aromatic N) is 1. The molecule has 0 aromatic heterocycles. The van der Waals surface area contributed by atoms with E-state index in [1.165, 1.54) is 54.9 Å². The van der Waals surface area contributed by atoms with Gasteiger partial charge in [-0.05, 0) is 77.8 Å². The van der Waals surface area contributed by atoms with Crippen LogP contribution in [0, 0.1) is 0 Å². The van der Waals surface area contributed by atoms with Gasteiger partial charge in [0.15, 0.2) is 0 Å². The molecule has 0 amide bonds. The molecule has 0 N–H and O–H groups in total. The van der Waals surface area contributed by atoms with Crippen LogP contribution in [-0.4, -0.2) is 5.71 Å². The summed E-state index contributed by atoms with van der Waals surface area (Å²) in [6.45, 7) is 14.1. The van der Waals surface area contributed by atoms with E-state index in [0.717, 1.165) is 22.2 Å². The van der Waals surface area contributed by atoms with Gasteiger partial charge < -0.3 is 0 Å². The zero-order chi connectivity index (χ0) is 30.8. The standard InChI is InChI=1S/C37H28BrN.2C2H6/c1-3-11-29-25(4-2)12-9-18-30(29)26-20-22-27(23-21-26)36-31-14-5-7-16-33(31)37(34-17-8-6-15-32(34)36)35-19-10-13-28(38)24-39-35;2*1-2/h3-18,20-24H,2,19H2,1H3;2*1-2H3/b11-3-;;. The third-order valence-electron chi connectivity index (χ3n) is 7.33. The lowest BCUT2D eigenvalue weighted by molar-refractivity contribution is 1.43. The first-order valence-corrected chi connectivity index (χ1v) is 16.0. The van der Waals surface area contributed by atoms with Crippen LogP contribution in [0.25, 0.3) is 56.0 Å². The molecule has 0 radical (unpaired) electrons. The van der Waals surface area contributed by atoms with E-state index in [2.05, 4.69) is 145 Å². The molecule has 1 heterocycles. The Kier molecular flexibility index (Phi) is 11.2. The van der Waals surface area contributed by atoms with E-state index in [9.17, 15) is 0 Å². The highest BCUT2D eigenvalue weighted by molar-refractivity contribution is 9.11. The van der Waals surface area contributed by atoms with E-state index < -0.39 is 0 Å². The van der Waals surface area contributed by atoms with Gasteiger partial charge in [0.25, 0.3) is 0 Å². The maximum Gasteiger partial charge on any atom is 0.0526 e. The molecule has 1 nitrogen and oxygen atoms in total. The monoisotopic (exact) mass is 625 g/mol.